The summed E-state index contributed by atoms with van der Waals surface area (Å²) in [7, 11) is 0. The van der Waals surface area contributed by atoms with E-state index in [1.807, 2.05) is 38.3 Å². The molecule has 0 fully saturated rings. The molecule has 3 rings (SSSR count). The number of carbonyl (C=O) groups excluding carboxylic acids is 3. The number of carbonyl (C=O) groups is 3. The second kappa shape index (κ2) is 11.1. The van der Waals surface area contributed by atoms with Gasteiger partial charge in [0.05, 0.1) is 17.9 Å². The number of benzene rings is 2. The van der Waals surface area contributed by atoms with Gasteiger partial charge in [0.2, 0.25) is 17.7 Å². The Morgan fingerprint density at radius 2 is 1.61 bits per heavy atom. The number of anilines is 3. The van der Waals surface area contributed by atoms with E-state index < -0.39 is 0 Å². The van der Waals surface area contributed by atoms with Crippen LogP contribution in [-0.4, -0.2) is 28.5 Å². The van der Waals surface area contributed by atoms with Crippen LogP contribution >= 0.6 is 23.1 Å². The van der Waals surface area contributed by atoms with Gasteiger partial charge in [-0.1, -0.05) is 35.5 Å². The highest BCUT2D eigenvalue weighted by Gasteiger charge is 2.13. The molecule has 33 heavy (non-hydrogen) atoms. The summed E-state index contributed by atoms with van der Waals surface area (Å²) in [4.78, 5) is 40.4. The number of nitrogens with zero attached hydrogens (tertiary/aromatic N) is 1. The average Bonchev–Trinajstić information content (AvgIpc) is 3.16. The molecule has 2 aromatic carbocycles. The molecule has 0 atom stereocenters. The maximum absolute atomic E-state index is 12.5. The fourth-order valence-electron chi connectivity index (χ4n) is 3.36. The third kappa shape index (κ3) is 7.44. The van der Waals surface area contributed by atoms with E-state index in [4.69, 9.17) is 0 Å². The van der Waals surface area contributed by atoms with Crippen molar-refractivity contribution in [2.45, 2.75) is 38.5 Å². The van der Waals surface area contributed by atoms with Gasteiger partial charge in [0.1, 0.15) is 0 Å². The minimum atomic E-state index is -0.181. The Balaban J connectivity index is 1.50. The first-order valence-electron chi connectivity index (χ1n) is 10.3. The molecule has 1 heterocycles. The molecule has 0 aliphatic rings. The van der Waals surface area contributed by atoms with E-state index >= 15 is 0 Å². The monoisotopic (exact) mass is 482 g/mol. The van der Waals surface area contributed by atoms with Gasteiger partial charge >= 0.3 is 0 Å². The molecular formula is C24H26N4O3S2. The Hall–Kier alpha value is -3.17. The van der Waals surface area contributed by atoms with Crippen molar-refractivity contribution >= 4 is 57.9 Å². The van der Waals surface area contributed by atoms with Crippen LogP contribution in [0.4, 0.5) is 17.1 Å². The van der Waals surface area contributed by atoms with Crippen molar-refractivity contribution in [2.24, 2.45) is 0 Å². The summed E-state index contributed by atoms with van der Waals surface area (Å²) in [6, 6.07) is 11.0. The number of thioether (sulfide) groups is 1. The minimum absolute atomic E-state index is 0.122. The normalized spacial score (nSPS) is 10.5. The van der Waals surface area contributed by atoms with Gasteiger partial charge in [0.25, 0.3) is 0 Å². The second-order valence-corrected chi connectivity index (χ2v) is 9.78. The quantitative estimate of drug-likeness (QED) is 0.395. The lowest BCUT2D eigenvalue weighted by Gasteiger charge is -2.12. The SMILES string of the molecule is CC(=O)Nc1cccc(NC(=O)CSc2nc(CC(=O)Nc3c(C)cc(C)cc3C)cs2)c1. The zero-order chi connectivity index (χ0) is 24.0. The minimum Gasteiger partial charge on any atom is -0.326 e. The van der Waals surface area contributed by atoms with Gasteiger partial charge in [-0.15, -0.1) is 11.3 Å². The molecule has 0 bridgehead atoms. The maximum atomic E-state index is 12.5. The highest BCUT2D eigenvalue weighted by Crippen LogP contribution is 2.25. The first-order chi connectivity index (χ1) is 15.7. The van der Waals surface area contributed by atoms with Crippen LogP contribution in [0.15, 0.2) is 46.1 Å². The largest absolute Gasteiger partial charge is 0.326 e. The van der Waals surface area contributed by atoms with Crippen molar-refractivity contribution in [2.75, 3.05) is 21.7 Å². The number of nitrogens with one attached hydrogen (secondary N) is 3. The molecule has 0 saturated heterocycles. The van der Waals surface area contributed by atoms with Gasteiger partial charge in [-0.05, 0) is 50.1 Å². The van der Waals surface area contributed by atoms with Crippen LogP contribution in [0, 0.1) is 20.8 Å². The summed E-state index contributed by atoms with van der Waals surface area (Å²) in [5, 5.41) is 10.3. The molecule has 1 aromatic heterocycles. The van der Waals surface area contributed by atoms with E-state index in [9.17, 15) is 14.4 Å². The topological polar surface area (TPSA) is 100 Å². The first-order valence-corrected chi connectivity index (χ1v) is 12.2. The lowest BCUT2D eigenvalue weighted by Crippen LogP contribution is -2.16. The van der Waals surface area contributed by atoms with E-state index in [1.165, 1.54) is 30.0 Å². The highest BCUT2D eigenvalue weighted by molar-refractivity contribution is 8.01. The molecule has 3 amide bonds. The zero-order valence-electron chi connectivity index (χ0n) is 18.9. The third-order valence-corrected chi connectivity index (χ3v) is 6.68. The average molecular weight is 483 g/mol. The molecular weight excluding hydrogens is 456 g/mol. The molecule has 3 N–H and O–H groups in total. The smallest absolute Gasteiger partial charge is 0.234 e. The standard InChI is InChI=1S/C24H26N4O3S2/c1-14-8-15(2)23(16(3)9-14)28-21(30)11-20-12-32-24(27-20)33-13-22(31)26-19-7-5-6-18(10-19)25-17(4)29/h5-10,12H,11,13H2,1-4H3,(H,25,29)(H,26,31)(H,28,30). The van der Waals surface area contributed by atoms with Crippen LogP contribution in [0.3, 0.4) is 0 Å². The molecule has 0 unspecified atom stereocenters. The number of aromatic nitrogens is 1. The van der Waals surface area contributed by atoms with Gasteiger partial charge in [0, 0.05) is 29.4 Å². The lowest BCUT2D eigenvalue weighted by atomic mass is 10.0. The number of hydrogen-bond donors (Lipinski definition) is 3. The Kier molecular flexibility index (Phi) is 8.24. The molecule has 172 valence electrons. The fourth-order valence-corrected chi connectivity index (χ4v) is 5.01. The molecule has 3 aromatic rings. The van der Waals surface area contributed by atoms with Crippen molar-refractivity contribution in [1.82, 2.24) is 4.98 Å². The van der Waals surface area contributed by atoms with Crippen LogP contribution in [-0.2, 0) is 20.8 Å². The molecule has 0 radical (unpaired) electrons. The summed E-state index contributed by atoms with van der Waals surface area (Å²) in [6.45, 7) is 7.42. The third-order valence-electron chi connectivity index (χ3n) is 4.61. The van der Waals surface area contributed by atoms with Crippen LogP contribution < -0.4 is 16.0 Å². The Morgan fingerprint density at radius 3 is 2.27 bits per heavy atom. The second-order valence-electron chi connectivity index (χ2n) is 7.70. The summed E-state index contributed by atoms with van der Waals surface area (Å²) in [5.41, 5.74) is 5.96. The number of rotatable bonds is 8. The molecule has 0 aliphatic carbocycles. The number of thiazole rings is 1. The number of hydrogen-bond acceptors (Lipinski definition) is 6. The summed E-state index contributed by atoms with van der Waals surface area (Å²) < 4.78 is 0.725. The fraction of sp³-hybridized carbons (Fsp3) is 0.250. The molecule has 0 aliphatic heterocycles. The Morgan fingerprint density at radius 1 is 0.939 bits per heavy atom. The first kappa shape index (κ1) is 24.5. The van der Waals surface area contributed by atoms with Crippen LogP contribution in [0.1, 0.15) is 29.3 Å². The van der Waals surface area contributed by atoms with Crippen molar-refractivity contribution in [1.29, 1.82) is 0 Å². The van der Waals surface area contributed by atoms with Crippen molar-refractivity contribution in [3.05, 3.63) is 64.2 Å². The zero-order valence-corrected chi connectivity index (χ0v) is 20.6. The van der Waals surface area contributed by atoms with Gasteiger partial charge in [-0.25, -0.2) is 4.98 Å². The number of amides is 3. The number of aryl methyl sites for hydroxylation is 3. The summed E-state index contributed by atoms with van der Waals surface area (Å²) in [6.07, 6.45) is 0.173. The van der Waals surface area contributed by atoms with Crippen LogP contribution in [0.2, 0.25) is 0 Å². The van der Waals surface area contributed by atoms with Gasteiger partial charge in [-0.2, -0.15) is 0 Å². The summed E-state index contributed by atoms with van der Waals surface area (Å²) in [5.74, 6) is -0.291. The Labute approximate surface area is 201 Å². The molecule has 7 nitrogen and oxygen atoms in total. The Bertz CT molecular complexity index is 1170. The predicted octanol–water partition coefficient (Wildman–Crippen LogP) is 4.94. The van der Waals surface area contributed by atoms with Crippen molar-refractivity contribution in [3.8, 4) is 0 Å². The van der Waals surface area contributed by atoms with E-state index in [2.05, 4.69) is 20.9 Å². The van der Waals surface area contributed by atoms with Gasteiger partial charge < -0.3 is 16.0 Å². The van der Waals surface area contributed by atoms with E-state index in [1.54, 1.807) is 24.3 Å². The van der Waals surface area contributed by atoms with Crippen molar-refractivity contribution < 1.29 is 14.4 Å². The van der Waals surface area contributed by atoms with E-state index in [-0.39, 0.29) is 29.9 Å². The summed E-state index contributed by atoms with van der Waals surface area (Å²) >= 11 is 2.72. The van der Waals surface area contributed by atoms with Crippen LogP contribution in [0.5, 0.6) is 0 Å². The highest BCUT2D eigenvalue weighted by atomic mass is 32.2. The lowest BCUT2D eigenvalue weighted by molar-refractivity contribution is -0.116. The van der Waals surface area contributed by atoms with E-state index in [0.717, 1.165) is 26.7 Å². The molecule has 9 heteroatoms. The van der Waals surface area contributed by atoms with Crippen LogP contribution in [0.25, 0.3) is 0 Å². The van der Waals surface area contributed by atoms with Crippen molar-refractivity contribution in [3.63, 3.8) is 0 Å². The van der Waals surface area contributed by atoms with Gasteiger partial charge in [-0.3, -0.25) is 14.4 Å². The van der Waals surface area contributed by atoms with E-state index in [0.29, 0.717) is 17.1 Å². The van der Waals surface area contributed by atoms with Gasteiger partial charge in [0.15, 0.2) is 4.34 Å². The molecule has 0 spiro atoms. The maximum Gasteiger partial charge on any atom is 0.234 e. The predicted molar refractivity (Wildman–Crippen MR) is 135 cm³/mol. The molecule has 0 saturated carbocycles.